The Labute approximate surface area is 144 Å². The van der Waals surface area contributed by atoms with E-state index in [0.717, 1.165) is 11.0 Å². The van der Waals surface area contributed by atoms with Gasteiger partial charge in [-0.15, -0.1) is 0 Å². The van der Waals surface area contributed by atoms with E-state index in [0.29, 0.717) is 22.7 Å². The Bertz CT molecular complexity index is 965. The van der Waals surface area contributed by atoms with Crippen LogP contribution in [0.25, 0.3) is 22.7 Å². The summed E-state index contributed by atoms with van der Waals surface area (Å²) in [5.74, 6) is -0.139. The van der Waals surface area contributed by atoms with E-state index in [1.165, 1.54) is 6.92 Å². The first-order chi connectivity index (χ1) is 12.1. The lowest BCUT2D eigenvalue weighted by Gasteiger charge is -2.10. The molecule has 0 saturated carbocycles. The molecule has 0 aliphatic heterocycles. The molecule has 6 nitrogen and oxygen atoms in total. The molecule has 2 aromatic carbocycles. The Balaban J connectivity index is 1.92. The molecule has 1 aromatic heterocycles. The van der Waals surface area contributed by atoms with Crippen molar-refractivity contribution in [3.05, 3.63) is 59.9 Å². The van der Waals surface area contributed by atoms with Gasteiger partial charge in [0.25, 0.3) is 0 Å². The minimum Gasteiger partial charge on any atom is -0.479 e. The number of carboxylic acid groups (broad SMARTS) is 1. The lowest BCUT2D eigenvalue weighted by Crippen LogP contribution is -2.22. The lowest BCUT2D eigenvalue weighted by atomic mass is 10.1. The fourth-order valence-corrected chi connectivity index (χ4v) is 2.33. The number of carbonyl (C=O) groups is 1. The molecule has 0 bridgehead atoms. The highest BCUT2D eigenvalue weighted by Gasteiger charge is 2.12. The Hall–Kier alpha value is -3.59. The third-order valence-corrected chi connectivity index (χ3v) is 3.59. The van der Waals surface area contributed by atoms with Gasteiger partial charge in [-0.05, 0) is 42.8 Å². The number of hydrogen-bond acceptors (Lipinski definition) is 4. The smallest absolute Gasteiger partial charge is 0.344 e. The van der Waals surface area contributed by atoms with Crippen molar-refractivity contribution >= 4 is 28.7 Å². The average Bonchev–Trinajstić information content (AvgIpc) is 3.03. The normalized spacial score (nSPS) is 12.6. The number of nitrogens with one attached hydrogen (secondary N) is 1. The van der Waals surface area contributed by atoms with Crippen LogP contribution >= 0.6 is 0 Å². The maximum absolute atomic E-state index is 10.9. The minimum absolute atomic E-state index is 0.375. The van der Waals surface area contributed by atoms with Gasteiger partial charge in [-0.25, -0.2) is 9.78 Å². The summed E-state index contributed by atoms with van der Waals surface area (Å²) in [7, 11) is 0. The number of para-hydroxylation sites is 2. The Morgan fingerprint density at radius 2 is 2.12 bits per heavy atom. The number of carboxylic acids is 1. The van der Waals surface area contributed by atoms with Crippen LogP contribution in [0.5, 0.6) is 5.75 Å². The number of aliphatic carboxylic acids is 1. The summed E-state index contributed by atoms with van der Waals surface area (Å²) in [6.45, 7) is 1.46. The van der Waals surface area contributed by atoms with Crippen molar-refractivity contribution < 1.29 is 14.6 Å². The zero-order chi connectivity index (χ0) is 17.8. The number of nitrogens with zero attached hydrogens (tertiary/aromatic N) is 2. The molecule has 0 saturated heterocycles. The number of aromatic amines is 1. The molecule has 0 radical (unpaired) electrons. The van der Waals surface area contributed by atoms with Gasteiger partial charge in [-0.3, -0.25) is 0 Å². The van der Waals surface area contributed by atoms with Crippen LogP contribution in [-0.4, -0.2) is 27.1 Å². The van der Waals surface area contributed by atoms with Gasteiger partial charge in [0.05, 0.1) is 16.6 Å². The summed E-state index contributed by atoms with van der Waals surface area (Å²) in [6, 6.07) is 16.6. The largest absolute Gasteiger partial charge is 0.479 e. The van der Waals surface area contributed by atoms with Gasteiger partial charge >= 0.3 is 5.97 Å². The molecule has 25 heavy (non-hydrogen) atoms. The molecular formula is C19H15N3O3. The molecule has 0 fully saturated rings. The number of hydrogen-bond donors (Lipinski definition) is 2. The number of benzene rings is 2. The van der Waals surface area contributed by atoms with E-state index in [9.17, 15) is 10.1 Å². The summed E-state index contributed by atoms with van der Waals surface area (Å²) < 4.78 is 5.35. The summed E-state index contributed by atoms with van der Waals surface area (Å²) in [4.78, 5) is 18.4. The van der Waals surface area contributed by atoms with E-state index in [4.69, 9.17) is 9.84 Å². The SMILES string of the molecule is CC(Oc1cccc(C=C(C#N)c2nc3ccccc3[nH]2)c1)C(=O)O. The van der Waals surface area contributed by atoms with Crippen LogP contribution in [0.1, 0.15) is 18.3 Å². The molecule has 3 aromatic rings. The number of H-pyrrole nitrogens is 1. The van der Waals surface area contributed by atoms with Gasteiger partial charge in [0.2, 0.25) is 0 Å². The summed E-state index contributed by atoms with van der Waals surface area (Å²) >= 11 is 0. The van der Waals surface area contributed by atoms with E-state index in [-0.39, 0.29) is 0 Å². The minimum atomic E-state index is -1.04. The van der Waals surface area contributed by atoms with Gasteiger partial charge in [-0.2, -0.15) is 5.26 Å². The predicted molar refractivity (Wildman–Crippen MR) is 93.7 cm³/mol. The molecule has 124 valence electrons. The van der Waals surface area contributed by atoms with Crippen molar-refractivity contribution in [2.24, 2.45) is 0 Å². The average molecular weight is 333 g/mol. The van der Waals surface area contributed by atoms with Crippen LogP contribution in [0.3, 0.4) is 0 Å². The van der Waals surface area contributed by atoms with E-state index in [2.05, 4.69) is 16.0 Å². The van der Waals surface area contributed by atoms with Crippen molar-refractivity contribution in [1.82, 2.24) is 9.97 Å². The Morgan fingerprint density at radius 3 is 2.84 bits per heavy atom. The summed E-state index contributed by atoms with van der Waals surface area (Å²) in [6.07, 6.45) is 0.723. The van der Waals surface area contributed by atoms with Crippen molar-refractivity contribution in [2.45, 2.75) is 13.0 Å². The van der Waals surface area contributed by atoms with E-state index in [1.54, 1.807) is 30.3 Å². The molecule has 0 aliphatic rings. The number of ether oxygens (including phenoxy) is 1. The second kappa shape index (κ2) is 6.89. The van der Waals surface area contributed by atoms with Crippen LogP contribution in [0, 0.1) is 11.3 Å². The third kappa shape index (κ3) is 3.67. The zero-order valence-corrected chi connectivity index (χ0v) is 13.4. The quantitative estimate of drug-likeness (QED) is 0.696. The summed E-state index contributed by atoms with van der Waals surface area (Å²) in [5, 5.41) is 18.4. The number of nitriles is 1. The number of aromatic nitrogens is 2. The van der Waals surface area contributed by atoms with Crippen LogP contribution < -0.4 is 4.74 Å². The van der Waals surface area contributed by atoms with Crippen LogP contribution in [0.15, 0.2) is 48.5 Å². The molecule has 1 heterocycles. The summed E-state index contributed by atoms with van der Waals surface area (Å²) in [5.41, 5.74) is 2.73. The number of imidazole rings is 1. The first-order valence-corrected chi connectivity index (χ1v) is 7.63. The lowest BCUT2D eigenvalue weighted by molar-refractivity contribution is -0.144. The number of rotatable bonds is 5. The van der Waals surface area contributed by atoms with Crippen molar-refractivity contribution in [3.8, 4) is 11.8 Å². The van der Waals surface area contributed by atoms with Gasteiger partial charge in [-0.1, -0.05) is 24.3 Å². The monoisotopic (exact) mass is 333 g/mol. The molecule has 1 unspecified atom stereocenters. The molecule has 2 N–H and O–H groups in total. The van der Waals surface area contributed by atoms with Crippen LogP contribution in [0.2, 0.25) is 0 Å². The molecule has 0 aliphatic carbocycles. The van der Waals surface area contributed by atoms with Gasteiger partial charge in [0.1, 0.15) is 17.6 Å². The first-order valence-electron chi connectivity index (χ1n) is 7.63. The highest BCUT2D eigenvalue weighted by atomic mass is 16.5. The topological polar surface area (TPSA) is 99.0 Å². The molecule has 3 rings (SSSR count). The number of fused-ring (bicyclic) bond motifs is 1. The van der Waals surface area contributed by atoms with Crippen molar-refractivity contribution in [1.29, 1.82) is 5.26 Å². The second-order valence-electron chi connectivity index (χ2n) is 5.44. The third-order valence-electron chi connectivity index (χ3n) is 3.59. The van der Waals surface area contributed by atoms with Gasteiger partial charge in [0, 0.05) is 0 Å². The Morgan fingerprint density at radius 1 is 1.32 bits per heavy atom. The second-order valence-corrected chi connectivity index (χ2v) is 5.44. The van der Waals surface area contributed by atoms with E-state index >= 15 is 0 Å². The first kappa shape index (κ1) is 16.3. The molecule has 0 spiro atoms. The zero-order valence-electron chi connectivity index (χ0n) is 13.4. The predicted octanol–water partition coefficient (Wildman–Crippen LogP) is 3.48. The van der Waals surface area contributed by atoms with Gasteiger partial charge < -0.3 is 14.8 Å². The number of allylic oxidation sites excluding steroid dienone is 1. The fraction of sp³-hybridized carbons (Fsp3) is 0.105. The van der Waals surface area contributed by atoms with E-state index < -0.39 is 12.1 Å². The molecule has 1 atom stereocenters. The highest BCUT2D eigenvalue weighted by molar-refractivity contribution is 5.90. The van der Waals surface area contributed by atoms with Crippen LogP contribution in [0.4, 0.5) is 0 Å². The fourth-order valence-electron chi connectivity index (χ4n) is 2.33. The van der Waals surface area contributed by atoms with Crippen LogP contribution in [-0.2, 0) is 4.79 Å². The van der Waals surface area contributed by atoms with E-state index in [1.807, 2.05) is 24.3 Å². The highest BCUT2D eigenvalue weighted by Crippen LogP contribution is 2.21. The standard InChI is InChI=1S/C19H15N3O3/c1-12(19(23)24)25-15-6-4-5-13(10-15)9-14(11-20)18-21-16-7-2-3-8-17(16)22-18/h2-10,12H,1H3,(H,21,22)(H,23,24). The maximum Gasteiger partial charge on any atom is 0.344 e. The molecule has 0 amide bonds. The van der Waals surface area contributed by atoms with Crippen molar-refractivity contribution in [2.75, 3.05) is 0 Å². The molecular weight excluding hydrogens is 318 g/mol. The Kier molecular flexibility index (Phi) is 4.48. The van der Waals surface area contributed by atoms with Gasteiger partial charge in [0.15, 0.2) is 6.10 Å². The van der Waals surface area contributed by atoms with Crippen molar-refractivity contribution in [3.63, 3.8) is 0 Å². The molecule has 6 heteroatoms. The maximum atomic E-state index is 10.9.